The molecule has 0 aromatic carbocycles. The molecule has 1 amide bonds. The SMILES string of the molecule is CCCCCCCC/C(CC(C)O)=C(\CCCCCCCC(N)=O)CC(C)O. The normalized spacial score (nSPS) is 14.6. The number of hydrogen-bond acceptors (Lipinski definition) is 3. The summed E-state index contributed by atoms with van der Waals surface area (Å²) in [5, 5.41) is 19.9. The van der Waals surface area contributed by atoms with Crippen molar-refractivity contribution in [3.8, 4) is 0 Å². The highest BCUT2D eigenvalue weighted by Gasteiger charge is 2.12. The molecule has 2 atom stereocenters. The number of carbonyl (C=O) groups excluding carboxylic acids is 1. The second-order valence-corrected chi connectivity index (χ2v) is 8.57. The van der Waals surface area contributed by atoms with Gasteiger partial charge in [0.15, 0.2) is 0 Å². The van der Waals surface area contributed by atoms with Crippen LogP contribution in [0.1, 0.15) is 124 Å². The second-order valence-electron chi connectivity index (χ2n) is 8.57. The Labute approximate surface area is 174 Å². The number of hydrogen-bond donors (Lipinski definition) is 3. The van der Waals surface area contributed by atoms with Crippen molar-refractivity contribution in [2.24, 2.45) is 5.73 Å². The van der Waals surface area contributed by atoms with Crippen LogP contribution in [0.15, 0.2) is 11.1 Å². The molecule has 2 unspecified atom stereocenters. The Bertz CT molecular complexity index is 416. The number of amides is 1. The highest BCUT2D eigenvalue weighted by Crippen LogP contribution is 2.27. The molecule has 0 aliphatic carbocycles. The fourth-order valence-corrected chi connectivity index (χ4v) is 3.85. The van der Waals surface area contributed by atoms with Gasteiger partial charge in [0, 0.05) is 6.42 Å². The number of carbonyl (C=O) groups is 1. The molecule has 0 heterocycles. The molecular weight excluding hydrogens is 350 g/mol. The lowest BCUT2D eigenvalue weighted by Gasteiger charge is -2.19. The van der Waals surface area contributed by atoms with E-state index in [4.69, 9.17) is 5.73 Å². The summed E-state index contributed by atoms with van der Waals surface area (Å²) < 4.78 is 0. The zero-order chi connectivity index (χ0) is 21.2. The molecule has 4 N–H and O–H groups in total. The Hall–Kier alpha value is -0.870. The van der Waals surface area contributed by atoms with Gasteiger partial charge in [-0.1, -0.05) is 69.4 Å². The van der Waals surface area contributed by atoms with Crippen LogP contribution >= 0.6 is 0 Å². The first-order chi connectivity index (χ1) is 13.4. The molecule has 0 aliphatic rings. The molecule has 0 bridgehead atoms. The van der Waals surface area contributed by atoms with E-state index >= 15 is 0 Å². The third kappa shape index (κ3) is 17.2. The maximum absolute atomic E-state index is 10.8. The summed E-state index contributed by atoms with van der Waals surface area (Å²) in [6.45, 7) is 5.96. The fourth-order valence-electron chi connectivity index (χ4n) is 3.85. The van der Waals surface area contributed by atoms with Crippen molar-refractivity contribution >= 4 is 5.91 Å². The van der Waals surface area contributed by atoms with Crippen molar-refractivity contribution < 1.29 is 15.0 Å². The number of primary amides is 1. The van der Waals surface area contributed by atoms with E-state index in [1.54, 1.807) is 0 Å². The summed E-state index contributed by atoms with van der Waals surface area (Å²) in [6, 6.07) is 0. The lowest BCUT2D eigenvalue weighted by molar-refractivity contribution is -0.118. The molecule has 0 aromatic heterocycles. The van der Waals surface area contributed by atoms with E-state index < -0.39 is 0 Å². The summed E-state index contributed by atoms with van der Waals surface area (Å²) in [4.78, 5) is 10.8. The van der Waals surface area contributed by atoms with Gasteiger partial charge in [-0.3, -0.25) is 4.79 Å². The molecule has 0 aromatic rings. The van der Waals surface area contributed by atoms with E-state index in [2.05, 4.69) is 6.92 Å². The van der Waals surface area contributed by atoms with Crippen LogP contribution in [0, 0.1) is 0 Å². The Balaban J connectivity index is 4.56. The largest absolute Gasteiger partial charge is 0.393 e. The van der Waals surface area contributed by atoms with Crippen LogP contribution in [0.5, 0.6) is 0 Å². The van der Waals surface area contributed by atoms with Crippen LogP contribution in [0.4, 0.5) is 0 Å². The van der Waals surface area contributed by atoms with E-state index in [1.165, 1.54) is 49.7 Å². The minimum absolute atomic E-state index is 0.209. The van der Waals surface area contributed by atoms with Crippen molar-refractivity contribution in [3.05, 3.63) is 11.1 Å². The summed E-state index contributed by atoms with van der Waals surface area (Å²) in [7, 11) is 0. The van der Waals surface area contributed by atoms with Crippen LogP contribution in [0.2, 0.25) is 0 Å². The van der Waals surface area contributed by atoms with Gasteiger partial charge in [-0.15, -0.1) is 0 Å². The van der Waals surface area contributed by atoms with Crippen LogP contribution in [0.25, 0.3) is 0 Å². The van der Waals surface area contributed by atoms with Crippen molar-refractivity contribution in [1.29, 1.82) is 0 Å². The molecule has 0 saturated heterocycles. The minimum Gasteiger partial charge on any atom is -0.393 e. The highest BCUT2D eigenvalue weighted by molar-refractivity contribution is 5.73. The Morgan fingerprint density at radius 2 is 1.04 bits per heavy atom. The summed E-state index contributed by atoms with van der Waals surface area (Å²) >= 11 is 0. The van der Waals surface area contributed by atoms with Crippen LogP contribution in [-0.4, -0.2) is 28.3 Å². The first-order valence-electron chi connectivity index (χ1n) is 11.7. The number of unbranched alkanes of at least 4 members (excludes halogenated alkanes) is 9. The van der Waals surface area contributed by atoms with Crippen LogP contribution in [-0.2, 0) is 4.79 Å². The predicted molar refractivity (Wildman–Crippen MR) is 119 cm³/mol. The number of aliphatic hydroxyl groups is 2. The lowest BCUT2D eigenvalue weighted by atomic mass is 9.90. The summed E-state index contributed by atoms with van der Waals surface area (Å²) in [6.07, 6.45) is 16.3. The van der Waals surface area contributed by atoms with Crippen molar-refractivity contribution in [1.82, 2.24) is 0 Å². The van der Waals surface area contributed by atoms with E-state index in [0.29, 0.717) is 6.42 Å². The smallest absolute Gasteiger partial charge is 0.217 e. The highest BCUT2D eigenvalue weighted by atomic mass is 16.3. The molecule has 0 fully saturated rings. The first-order valence-corrected chi connectivity index (χ1v) is 11.7. The average molecular weight is 398 g/mol. The minimum atomic E-state index is -0.334. The Morgan fingerprint density at radius 3 is 1.39 bits per heavy atom. The zero-order valence-corrected chi connectivity index (χ0v) is 18.8. The fraction of sp³-hybridized carbons (Fsp3) is 0.875. The quantitative estimate of drug-likeness (QED) is 0.190. The van der Waals surface area contributed by atoms with E-state index in [1.807, 2.05) is 13.8 Å². The molecular formula is C24H47NO3. The van der Waals surface area contributed by atoms with Gasteiger partial charge in [-0.2, -0.15) is 0 Å². The molecule has 28 heavy (non-hydrogen) atoms. The lowest BCUT2D eigenvalue weighted by Crippen LogP contribution is -2.09. The molecule has 0 radical (unpaired) electrons. The van der Waals surface area contributed by atoms with Gasteiger partial charge in [-0.25, -0.2) is 0 Å². The molecule has 4 nitrogen and oxygen atoms in total. The van der Waals surface area contributed by atoms with Gasteiger partial charge in [0.05, 0.1) is 12.2 Å². The summed E-state index contributed by atoms with van der Waals surface area (Å²) in [5.74, 6) is -0.209. The van der Waals surface area contributed by atoms with Crippen LogP contribution < -0.4 is 5.73 Å². The molecule has 166 valence electrons. The molecule has 0 aliphatic heterocycles. The Kier molecular flexibility index (Phi) is 17.6. The monoisotopic (exact) mass is 397 g/mol. The standard InChI is InChI=1S/C24H47NO3/c1-4-5-6-7-9-12-15-22(18-20(2)26)23(19-21(3)27)16-13-10-8-11-14-17-24(25)28/h20-21,26-27H,4-19H2,1-3H3,(H2,25,28)/b23-22-. The molecule has 0 rings (SSSR count). The second kappa shape index (κ2) is 18.2. The third-order valence-electron chi connectivity index (χ3n) is 5.32. The maximum atomic E-state index is 10.8. The summed E-state index contributed by atoms with van der Waals surface area (Å²) in [5.41, 5.74) is 7.91. The number of aliphatic hydroxyl groups excluding tert-OH is 2. The van der Waals surface area contributed by atoms with Gasteiger partial charge in [-0.05, 0) is 58.8 Å². The number of nitrogens with two attached hydrogens (primary N) is 1. The topological polar surface area (TPSA) is 83.5 Å². The van der Waals surface area contributed by atoms with Crippen LogP contribution in [0.3, 0.4) is 0 Å². The van der Waals surface area contributed by atoms with E-state index in [0.717, 1.165) is 57.8 Å². The Morgan fingerprint density at radius 1 is 0.679 bits per heavy atom. The molecule has 0 spiro atoms. The molecule has 0 saturated carbocycles. The van der Waals surface area contributed by atoms with Gasteiger partial charge >= 0.3 is 0 Å². The van der Waals surface area contributed by atoms with Crippen molar-refractivity contribution in [2.75, 3.05) is 0 Å². The van der Waals surface area contributed by atoms with Gasteiger partial charge in [0.25, 0.3) is 0 Å². The van der Waals surface area contributed by atoms with Crippen molar-refractivity contribution in [3.63, 3.8) is 0 Å². The third-order valence-corrected chi connectivity index (χ3v) is 5.32. The van der Waals surface area contributed by atoms with Crippen molar-refractivity contribution in [2.45, 2.75) is 136 Å². The van der Waals surface area contributed by atoms with E-state index in [9.17, 15) is 15.0 Å². The van der Waals surface area contributed by atoms with E-state index in [-0.39, 0.29) is 18.1 Å². The predicted octanol–water partition coefficient (Wildman–Crippen LogP) is 5.79. The maximum Gasteiger partial charge on any atom is 0.217 e. The van der Waals surface area contributed by atoms with Gasteiger partial charge in [0.2, 0.25) is 5.91 Å². The zero-order valence-electron chi connectivity index (χ0n) is 18.8. The number of rotatable bonds is 19. The first kappa shape index (κ1) is 27.1. The molecule has 4 heteroatoms. The average Bonchev–Trinajstić information content (AvgIpc) is 2.61. The van der Waals surface area contributed by atoms with Gasteiger partial charge in [0.1, 0.15) is 0 Å². The van der Waals surface area contributed by atoms with Gasteiger partial charge < -0.3 is 15.9 Å².